The highest BCUT2D eigenvalue weighted by Gasteiger charge is 2.18. The Labute approximate surface area is 147 Å². The molecule has 0 radical (unpaired) electrons. The Bertz CT molecular complexity index is 724. The monoisotopic (exact) mass is 344 g/mol. The van der Waals surface area contributed by atoms with Crippen LogP contribution in [0.25, 0.3) is 0 Å². The topological polar surface area (TPSA) is 109 Å². The molecule has 0 spiro atoms. The molecule has 2 aromatic rings. The van der Waals surface area contributed by atoms with Gasteiger partial charge >= 0.3 is 0 Å². The van der Waals surface area contributed by atoms with Crippen LogP contribution in [0.3, 0.4) is 0 Å². The van der Waals surface area contributed by atoms with Gasteiger partial charge in [0.25, 0.3) is 5.91 Å². The van der Waals surface area contributed by atoms with Gasteiger partial charge in [-0.05, 0) is 23.3 Å². The van der Waals surface area contributed by atoms with Gasteiger partial charge in [0, 0.05) is 26.8 Å². The van der Waals surface area contributed by atoms with Gasteiger partial charge in [-0.1, -0.05) is 24.3 Å². The first-order chi connectivity index (χ1) is 12.0. The third-order valence-electron chi connectivity index (χ3n) is 3.91. The number of nitrogens with two attached hydrogens (primary N) is 1. The van der Waals surface area contributed by atoms with Crippen LogP contribution >= 0.6 is 0 Å². The van der Waals surface area contributed by atoms with E-state index in [9.17, 15) is 9.90 Å². The van der Waals surface area contributed by atoms with Crippen molar-refractivity contribution < 1.29 is 14.6 Å². The average Bonchev–Trinajstić information content (AvgIpc) is 2.65. The Morgan fingerprint density at radius 1 is 1.12 bits per heavy atom. The maximum Gasteiger partial charge on any atom is 0.250 e. The maximum absolute atomic E-state index is 11.3. The summed E-state index contributed by atoms with van der Waals surface area (Å²) in [5.41, 5.74) is 8.90. The average molecular weight is 344 g/mol. The summed E-state index contributed by atoms with van der Waals surface area (Å²) in [6.45, 7) is 0.183. The summed E-state index contributed by atoms with van der Waals surface area (Å²) in [6, 6.07) is 10.9. The third-order valence-corrected chi connectivity index (χ3v) is 3.91. The Kier molecular flexibility index (Phi) is 6.08. The summed E-state index contributed by atoms with van der Waals surface area (Å²) in [5.74, 6) is -0.148. The fourth-order valence-electron chi connectivity index (χ4n) is 2.54. The van der Waals surface area contributed by atoms with Crippen molar-refractivity contribution in [3.8, 4) is 5.75 Å². The fraction of sp³-hybridized carbons (Fsp3) is 0.278. The number of anilines is 3. The molecule has 2 aromatic carbocycles. The zero-order chi connectivity index (χ0) is 18.4. The molecule has 0 aliphatic rings. The maximum atomic E-state index is 11.3. The van der Waals surface area contributed by atoms with Crippen LogP contribution in [0.1, 0.15) is 17.2 Å². The van der Waals surface area contributed by atoms with Gasteiger partial charge in [-0.3, -0.25) is 4.79 Å². The van der Waals surface area contributed by atoms with Crippen molar-refractivity contribution in [2.24, 2.45) is 5.73 Å². The SMILES string of the molecule is CNc1cc(NC)c(OCc2ccccc2C(O)C(N)=O)c(NC)c1. The van der Waals surface area contributed by atoms with Gasteiger partial charge in [-0.2, -0.15) is 0 Å². The lowest BCUT2D eigenvalue weighted by molar-refractivity contribution is -0.126. The van der Waals surface area contributed by atoms with Crippen LogP contribution < -0.4 is 26.4 Å². The number of benzene rings is 2. The summed E-state index contributed by atoms with van der Waals surface area (Å²) in [7, 11) is 5.47. The quantitative estimate of drug-likeness (QED) is 0.501. The lowest BCUT2D eigenvalue weighted by Crippen LogP contribution is -2.22. The number of aliphatic hydroxyl groups excluding tert-OH is 1. The largest absolute Gasteiger partial charge is 0.485 e. The minimum Gasteiger partial charge on any atom is -0.485 e. The van der Waals surface area contributed by atoms with Crippen LogP contribution in [0.2, 0.25) is 0 Å². The number of amides is 1. The zero-order valence-electron chi connectivity index (χ0n) is 14.6. The van der Waals surface area contributed by atoms with Crippen LogP contribution in [-0.4, -0.2) is 32.2 Å². The number of primary amides is 1. The van der Waals surface area contributed by atoms with E-state index < -0.39 is 12.0 Å². The first-order valence-corrected chi connectivity index (χ1v) is 7.91. The molecule has 0 heterocycles. The predicted octanol–water partition coefficient (Wildman–Crippen LogP) is 1.91. The number of nitrogens with one attached hydrogen (secondary N) is 3. The van der Waals surface area contributed by atoms with E-state index in [0.29, 0.717) is 16.9 Å². The van der Waals surface area contributed by atoms with Gasteiger partial charge in [-0.15, -0.1) is 0 Å². The molecule has 6 N–H and O–H groups in total. The minimum atomic E-state index is -1.36. The van der Waals surface area contributed by atoms with Crippen molar-refractivity contribution in [1.82, 2.24) is 0 Å². The first-order valence-electron chi connectivity index (χ1n) is 7.91. The van der Waals surface area contributed by atoms with Gasteiger partial charge < -0.3 is 31.5 Å². The summed E-state index contributed by atoms with van der Waals surface area (Å²) >= 11 is 0. The smallest absolute Gasteiger partial charge is 0.250 e. The minimum absolute atomic E-state index is 0.183. The molecule has 0 aliphatic heterocycles. The highest BCUT2D eigenvalue weighted by atomic mass is 16.5. The van der Waals surface area contributed by atoms with E-state index >= 15 is 0 Å². The van der Waals surface area contributed by atoms with Crippen LogP contribution in [0.15, 0.2) is 36.4 Å². The van der Waals surface area contributed by atoms with Crippen molar-refractivity contribution in [2.75, 3.05) is 37.1 Å². The molecule has 0 aromatic heterocycles. The summed E-state index contributed by atoms with van der Waals surface area (Å²) < 4.78 is 5.99. The molecule has 2 rings (SSSR count). The molecular formula is C18H24N4O3. The van der Waals surface area contributed by atoms with Crippen LogP contribution in [0.4, 0.5) is 17.1 Å². The van der Waals surface area contributed by atoms with E-state index in [2.05, 4.69) is 16.0 Å². The normalized spacial score (nSPS) is 11.5. The Balaban J connectivity index is 2.32. The van der Waals surface area contributed by atoms with Gasteiger partial charge in [0.15, 0.2) is 11.9 Å². The molecule has 134 valence electrons. The molecule has 0 saturated carbocycles. The molecule has 25 heavy (non-hydrogen) atoms. The number of rotatable bonds is 8. The second-order valence-corrected chi connectivity index (χ2v) is 5.44. The van der Waals surface area contributed by atoms with E-state index in [4.69, 9.17) is 10.5 Å². The highest BCUT2D eigenvalue weighted by Crippen LogP contribution is 2.37. The van der Waals surface area contributed by atoms with Crippen LogP contribution in [0, 0.1) is 0 Å². The Morgan fingerprint density at radius 2 is 1.72 bits per heavy atom. The molecule has 7 heteroatoms. The molecule has 1 amide bonds. The van der Waals surface area contributed by atoms with E-state index in [1.54, 1.807) is 18.2 Å². The summed E-state index contributed by atoms with van der Waals surface area (Å²) in [4.78, 5) is 11.3. The molecule has 0 bridgehead atoms. The van der Waals surface area contributed by atoms with Crippen molar-refractivity contribution >= 4 is 23.0 Å². The third kappa shape index (κ3) is 4.13. The van der Waals surface area contributed by atoms with E-state index in [1.165, 1.54) is 0 Å². The van der Waals surface area contributed by atoms with E-state index in [1.807, 2.05) is 39.3 Å². The molecule has 0 fully saturated rings. The first kappa shape index (κ1) is 18.4. The van der Waals surface area contributed by atoms with Crippen molar-refractivity contribution in [3.05, 3.63) is 47.5 Å². The number of aliphatic hydroxyl groups is 1. The van der Waals surface area contributed by atoms with Crippen molar-refractivity contribution in [3.63, 3.8) is 0 Å². The molecule has 1 atom stereocenters. The summed E-state index contributed by atoms with van der Waals surface area (Å²) in [5, 5.41) is 19.3. The second-order valence-electron chi connectivity index (χ2n) is 5.44. The van der Waals surface area contributed by atoms with E-state index in [-0.39, 0.29) is 6.61 Å². The Morgan fingerprint density at radius 3 is 2.24 bits per heavy atom. The van der Waals surface area contributed by atoms with Crippen LogP contribution in [0.5, 0.6) is 5.75 Å². The Hall–Kier alpha value is -2.93. The molecule has 0 aliphatic carbocycles. The van der Waals surface area contributed by atoms with Gasteiger partial charge in [0.1, 0.15) is 6.61 Å². The lowest BCUT2D eigenvalue weighted by Gasteiger charge is -2.19. The van der Waals surface area contributed by atoms with Crippen LogP contribution in [-0.2, 0) is 11.4 Å². The molecule has 0 saturated heterocycles. The van der Waals surface area contributed by atoms with E-state index in [0.717, 1.165) is 17.1 Å². The molecule has 7 nitrogen and oxygen atoms in total. The lowest BCUT2D eigenvalue weighted by atomic mass is 10.0. The standard InChI is InChI=1S/C18H24N4O3/c1-20-12-8-14(21-2)17(15(9-12)22-3)25-10-11-6-4-5-7-13(11)16(23)18(19)24/h4-9,16,20-23H,10H2,1-3H3,(H2,19,24). The van der Waals surface area contributed by atoms with Crippen molar-refractivity contribution in [1.29, 1.82) is 0 Å². The van der Waals surface area contributed by atoms with Gasteiger partial charge in [0.05, 0.1) is 11.4 Å². The number of hydrogen-bond acceptors (Lipinski definition) is 6. The molecular weight excluding hydrogens is 320 g/mol. The summed E-state index contributed by atoms with van der Waals surface area (Å²) in [6.07, 6.45) is -1.36. The van der Waals surface area contributed by atoms with Gasteiger partial charge in [0.2, 0.25) is 0 Å². The molecule has 1 unspecified atom stereocenters. The zero-order valence-corrected chi connectivity index (χ0v) is 14.6. The number of ether oxygens (including phenoxy) is 1. The van der Waals surface area contributed by atoms with Crippen molar-refractivity contribution in [2.45, 2.75) is 12.7 Å². The predicted molar refractivity (Wildman–Crippen MR) is 100 cm³/mol. The number of carbonyl (C=O) groups is 1. The number of carbonyl (C=O) groups excluding carboxylic acids is 1. The van der Waals surface area contributed by atoms with Gasteiger partial charge in [-0.25, -0.2) is 0 Å². The second kappa shape index (κ2) is 8.25. The fourth-order valence-corrected chi connectivity index (χ4v) is 2.54. The highest BCUT2D eigenvalue weighted by molar-refractivity contribution is 5.80. The number of hydrogen-bond donors (Lipinski definition) is 5.